The van der Waals surface area contributed by atoms with Crippen LogP contribution in [0.4, 0.5) is 5.69 Å². The molecular weight excluding hydrogens is 338 g/mol. The van der Waals surface area contributed by atoms with Gasteiger partial charge in [-0.05, 0) is 33.6 Å². The molecule has 1 aromatic heterocycles. The van der Waals surface area contributed by atoms with E-state index in [1.165, 1.54) is 17.0 Å². The van der Waals surface area contributed by atoms with Crippen molar-refractivity contribution in [2.75, 3.05) is 7.05 Å². The second-order valence-electron chi connectivity index (χ2n) is 4.42. The molecule has 0 radical (unpaired) electrons. The third-order valence-electron chi connectivity index (χ3n) is 2.85. The topological polar surface area (TPSA) is 76.3 Å². The Morgan fingerprint density at radius 3 is 2.81 bits per heavy atom. The van der Waals surface area contributed by atoms with E-state index < -0.39 is 4.92 Å². The Morgan fingerprint density at radius 1 is 1.38 bits per heavy atom. The van der Waals surface area contributed by atoms with Gasteiger partial charge in [0.05, 0.1) is 4.92 Å². The van der Waals surface area contributed by atoms with E-state index in [0.29, 0.717) is 15.7 Å². The molecule has 1 aromatic carbocycles. The van der Waals surface area contributed by atoms with E-state index in [1.807, 2.05) is 0 Å². The third kappa shape index (κ3) is 3.63. The number of amides is 1. The molecule has 0 unspecified atom stereocenters. The van der Waals surface area contributed by atoms with Crippen LogP contribution in [0.3, 0.4) is 0 Å². The normalized spacial score (nSPS) is 10.2. The van der Waals surface area contributed by atoms with Crippen LogP contribution in [0.1, 0.15) is 16.1 Å². The first-order valence-electron chi connectivity index (χ1n) is 6.08. The average Bonchev–Trinajstić information content (AvgIpc) is 2.47. The van der Waals surface area contributed by atoms with E-state index >= 15 is 0 Å². The molecule has 21 heavy (non-hydrogen) atoms. The molecule has 6 nitrogen and oxygen atoms in total. The van der Waals surface area contributed by atoms with Gasteiger partial charge in [-0.15, -0.1) is 0 Å². The highest BCUT2D eigenvalue weighted by Gasteiger charge is 2.17. The molecule has 0 aliphatic heterocycles. The maximum atomic E-state index is 12.3. The number of hydrogen-bond donors (Lipinski definition) is 0. The van der Waals surface area contributed by atoms with Crippen molar-refractivity contribution in [1.29, 1.82) is 0 Å². The fraction of sp³-hybridized carbons (Fsp3) is 0.143. The number of pyridine rings is 1. The Bertz CT molecular complexity index is 691. The highest BCUT2D eigenvalue weighted by Crippen LogP contribution is 2.18. The van der Waals surface area contributed by atoms with Crippen LogP contribution in [0.5, 0.6) is 0 Å². The zero-order valence-corrected chi connectivity index (χ0v) is 12.8. The van der Waals surface area contributed by atoms with Crippen molar-refractivity contribution in [2.45, 2.75) is 6.54 Å². The summed E-state index contributed by atoms with van der Waals surface area (Å²) in [5, 5.41) is 10.7. The van der Waals surface area contributed by atoms with Crippen LogP contribution >= 0.6 is 15.9 Å². The largest absolute Gasteiger partial charge is 0.336 e. The lowest BCUT2D eigenvalue weighted by molar-refractivity contribution is -0.384. The van der Waals surface area contributed by atoms with E-state index in [0.717, 1.165) is 0 Å². The van der Waals surface area contributed by atoms with Gasteiger partial charge >= 0.3 is 0 Å². The summed E-state index contributed by atoms with van der Waals surface area (Å²) in [5.74, 6) is -0.256. The maximum Gasteiger partial charge on any atom is 0.273 e. The average molecular weight is 350 g/mol. The monoisotopic (exact) mass is 349 g/mol. The Balaban J connectivity index is 2.16. The Labute approximate surface area is 129 Å². The van der Waals surface area contributed by atoms with Crippen LogP contribution in [0.2, 0.25) is 0 Å². The Hall–Kier alpha value is -2.28. The number of non-ortho nitro benzene ring substituents is 1. The second kappa shape index (κ2) is 6.45. The van der Waals surface area contributed by atoms with E-state index in [-0.39, 0.29) is 18.1 Å². The van der Waals surface area contributed by atoms with Gasteiger partial charge in [0.15, 0.2) is 0 Å². The first-order valence-corrected chi connectivity index (χ1v) is 6.87. The number of nitro benzene ring substituents is 1. The van der Waals surface area contributed by atoms with Gasteiger partial charge in [0, 0.05) is 36.4 Å². The van der Waals surface area contributed by atoms with Crippen LogP contribution in [0.15, 0.2) is 47.1 Å². The molecule has 0 spiro atoms. The quantitative estimate of drug-likeness (QED) is 0.627. The maximum absolute atomic E-state index is 12.3. The number of hydrogen-bond acceptors (Lipinski definition) is 4. The Morgan fingerprint density at radius 2 is 2.14 bits per heavy atom. The lowest BCUT2D eigenvalue weighted by Crippen LogP contribution is -2.27. The molecule has 0 bridgehead atoms. The van der Waals surface area contributed by atoms with Gasteiger partial charge in [0.2, 0.25) is 0 Å². The van der Waals surface area contributed by atoms with E-state index in [9.17, 15) is 14.9 Å². The van der Waals surface area contributed by atoms with Crippen LogP contribution in [-0.2, 0) is 6.54 Å². The molecule has 0 N–H and O–H groups in total. The number of carbonyl (C=O) groups excluding carboxylic acids is 1. The van der Waals surface area contributed by atoms with Crippen LogP contribution in [0, 0.1) is 10.1 Å². The zero-order valence-electron chi connectivity index (χ0n) is 11.2. The fourth-order valence-corrected chi connectivity index (χ4v) is 2.26. The summed E-state index contributed by atoms with van der Waals surface area (Å²) in [6.07, 6.45) is 1.54. The van der Waals surface area contributed by atoms with Gasteiger partial charge in [-0.25, -0.2) is 4.98 Å². The first-order chi connectivity index (χ1) is 9.99. The van der Waals surface area contributed by atoms with Crippen LogP contribution < -0.4 is 0 Å². The third-order valence-corrected chi connectivity index (χ3v) is 3.49. The first kappa shape index (κ1) is 15.1. The lowest BCUT2D eigenvalue weighted by atomic mass is 10.2. The van der Waals surface area contributed by atoms with Crippen LogP contribution in [0.25, 0.3) is 0 Å². The van der Waals surface area contributed by atoms with Gasteiger partial charge in [-0.1, -0.05) is 12.1 Å². The number of benzene rings is 1. The summed E-state index contributed by atoms with van der Waals surface area (Å²) < 4.78 is 0.612. The van der Waals surface area contributed by atoms with Gasteiger partial charge < -0.3 is 4.90 Å². The zero-order chi connectivity index (χ0) is 15.4. The van der Waals surface area contributed by atoms with E-state index in [4.69, 9.17) is 0 Å². The number of nitrogens with zero attached hydrogens (tertiary/aromatic N) is 3. The van der Waals surface area contributed by atoms with Crippen molar-refractivity contribution in [3.63, 3.8) is 0 Å². The van der Waals surface area contributed by atoms with Crippen molar-refractivity contribution < 1.29 is 9.72 Å². The molecule has 0 fully saturated rings. The smallest absolute Gasteiger partial charge is 0.273 e. The molecule has 0 aliphatic rings. The standard InChI is InChI=1S/C14H12BrN3O3/c1-17(14(19)13-12(15)6-3-7-16-13)9-10-4-2-5-11(8-10)18(20)21/h2-8H,9H2,1H3. The highest BCUT2D eigenvalue weighted by molar-refractivity contribution is 9.10. The number of rotatable bonds is 4. The second-order valence-corrected chi connectivity index (χ2v) is 5.28. The van der Waals surface area contributed by atoms with Crippen molar-refractivity contribution in [2.24, 2.45) is 0 Å². The van der Waals surface area contributed by atoms with Gasteiger partial charge in [0.25, 0.3) is 11.6 Å². The van der Waals surface area contributed by atoms with E-state index in [1.54, 1.807) is 37.5 Å². The summed E-state index contributed by atoms with van der Waals surface area (Å²) in [4.78, 5) is 28.1. The predicted octanol–water partition coefficient (Wildman–Crippen LogP) is 3.02. The number of carbonyl (C=O) groups is 1. The van der Waals surface area contributed by atoms with E-state index in [2.05, 4.69) is 20.9 Å². The molecule has 1 amide bonds. The summed E-state index contributed by atoms with van der Waals surface area (Å²) in [6, 6.07) is 9.67. The minimum atomic E-state index is -0.458. The molecule has 0 saturated heterocycles. The van der Waals surface area contributed by atoms with Gasteiger partial charge in [0.1, 0.15) is 5.69 Å². The van der Waals surface area contributed by atoms with Gasteiger partial charge in [-0.2, -0.15) is 0 Å². The lowest BCUT2D eigenvalue weighted by Gasteiger charge is -2.17. The minimum absolute atomic E-state index is 0.00682. The molecule has 7 heteroatoms. The molecular formula is C14H12BrN3O3. The molecule has 108 valence electrons. The molecule has 0 saturated carbocycles. The fourth-order valence-electron chi connectivity index (χ4n) is 1.84. The SMILES string of the molecule is CN(Cc1cccc([N+](=O)[O-])c1)C(=O)c1ncccc1Br. The summed E-state index contributed by atoms with van der Waals surface area (Å²) in [7, 11) is 1.63. The summed E-state index contributed by atoms with van der Waals surface area (Å²) >= 11 is 3.28. The highest BCUT2D eigenvalue weighted by atomic mass is 79.9. The minimum Gasteiger partial charge on any atom is -0.336 e. The summed E-state index contributed by atoms with van der Waals surface area (Å²) in [5.41, 5.74) is 1.00. The molecule has 1 heterocycles. The molecule has 0 atom stereocenters. The van der Waals surface area contributed by atoms with Crippen molar-refractivity contribution in [3.05, 3.63) is 68.4 Å². The molecule has 0 aliphatic carbocycles. The predicted molar refractivity (Wildman–Crippen MR) is 80.8 cm³/mol. The van der Waals surface area contributed by atoms with Crippen LogP contribution in [-0.4, -0.2) is 27.8 Å². The summed E-state index contributed by atoms with van der Waals surface area (Å²) in [6.45, 7) is 0.267. The Kier molecular flexibility index (Phi) is 4.64. The van der Waals surface area contributed by atoms with Crippen molar-refractivity contribution in [1.82, 2.24) is 9.88 Å². The molecule has 2 rings (SSSR count). The number of nitro groups is 1. The van der Waals surface area contributed by atoms with Crippen molar-refractivity contribution >= 4 is 27.5 Å². The molecule has 2 aromatic rings. The number of aromatic nitrogens is 1. The van der Waals surface area contributed by atoms with Gasteiger partial charge in [-0.3, -0.25) is 14.9 Å². The van der Waals surface area contributed by atoms with Crippen molar-refractivity contribution in [3.8, 4) is 0 Å². The number of halogens is 1.